The van der Waals surface area contributed by atoms with Gasteiger partial charge in [0.2, 0.25) is 5.91 Å². The molecule has 28 heavy (non-hydrogen) atoms. The molecule has 0 spiro atoms. The van der Waals surface area contributed by atoms with Crippen LogP contribution in [0.15, 0.2) is 66.7 Å². The van der Waals surface area contributed by atoms with E-state index in [1.807, 2.05) is 49.4 Å². The van der Waals surface area contributed by atoms with Crippen molar-refractivity contribution in [2.45, 2.75) is 25.9 Å². The molecule has 5 nitrogen and oxygen atoms in total. The number of nitrogens with zero attached hydrogens (tertiary/aromatic N) is 1. The van der Waals surface area contributed by atoms with E-state index in [0.717, 1.165) is 21.2 Å². The fraction of sp³-hybridized carbons (Fsp3) is 0.174. The number of fused-ring (bicyclic) bond motifs is 2. The first-order valence-corrected chi connectivity index (χ1v) is 9.23. The Morgan fingerprint density at radius 3 is 2.04 bits per heavy atom. The molecule has 3 amide bonds. The van der Waals surface area contributed by atoms with E-state index in [9.17, 15) is 14.4 Å². The first-order valence-electron chi connectivity index (χ1n) is 9.23. The van der Waals surface area contributed by atoms with Crippen LogP contribution in [0.3, 0.4) is 0 Å². The fourth-order valence-electron chi connectivity index (χ4n) is 3.57. The van der Waals surface area contributed by atoms with E-state index in [4.69, 9.17) is 0 Å². The van der Waals surface area contributed by atoms with E-state index in [2.05, 4.69) is 5.32 Å². The second-order valence-corrected chi connectivity index (χ2v) is 7.04. The highest BCUT2D eigenvalue weighted by atomic mass is 16.2. The molecule has 0 aliphatic carbocycles. The van der Waals surface area contributed by atoms with Crippen LogP contribution < -0.4 is 5.32 Å². The van der Waals surface area contributed by atoms with Crippen molar-refractivity contribution >= 4 is 28.5 Å². The van der Waals surface area contributed by atoms with Gasteiger partial charge in [0.25, 0.3) is 11.8 Å². The van der Waals surface area contributed by atoms with E-state index in [1.165, 1.54) is 0 Å². The number of carbonyl (C=O) groups is 3. The number of imide groups is 1. The Kier molecular flexibility index (Phi) is 4.43. The third-order valence-corrected chi connectivity index (χ3v) is 5.22. The van der Waals surface area contributed by atoms with Crippen LogP contribution in [-0.4, -0.2) is 28.7 Å². The molecule has 2 unspecified atom stereocenters. The molecule has 140 valence electrons. The second kappa shape index (κ2) is 6.93. The smallest absolute Gasteiger partial charge is 0.262 e. The lowest BCUT2D eigenvalue weighted by Crippen LogP contribution is -2.48. The van der Waals surface area contributed by atoms with Crippen LogP contribution in [0.4, 0.5) is 0 Å². The zero-order valence-electron chi connectivity index (χ0n) is 15.7. The molecule has 4 rings (SSSR count). The highest BCUT2D eigenvalue weighted by Crippen LogP contribution is 2.25. The highest BCUT2D eigenvalue weighted by Gasteiger charge is 2.40. The summed E-state index contributed by atoms with van der Waals surface area (Å²) in [5.74, 6) is -1.22. The summed E-state index contributed by atoms with van der Waals surface area (Å²) in [6, 6.07) is 19.5. The summed E-state index contributed by atoms with van der Waals surface area (Å²) in [4.78, 5) is 39.0. The minimum absolute atomic E-state index is 0.255. The quantitative estimate of drug-likeness (QED) is 0.710. The second-order valence-electron chi connectivity index (χ2n) is 7.04. The van der Waals surface area contributed by atoms with Crippen LogP contribution in [0, 0.1) is 0 Å². The molecule has 5 heteroatoms. The highest BCUT2D eigenvalue weighted by molar-refractivity contribution is 6.22. The molecule has 0 radical (unpaired) electrons. The van der Waals surface area contributed by atoms with Crippen molar-refractivity contribution in [1.29, 1.82) is 0 Å². The Bertz CT molecular complexity index is 1070. The lowest BCUT2D eigenvalue weighted by molar-refractivity contribution is -0.125. The molecule has 0 saturated heterocycles. The largest absolute Gasteiger partial charge is 0.348 e. The van der Waals surface area contributed by atoms with Gasteiger partial charge in [-0.05, 0) is 48.4 Å². The van der Waals surface area contributed by atoms with Gasteiger partial charge >= 0.3 is 0 Å². The maximum atomic E-state index is 12.8. The summed E-state index contributed by atoms with van der Waals surface area (Å²) in [5.41, 5.74) is 1.64. The van der Waals surface area contributed by atoms with Crippen LogP contribution in [0.2, 0.25) is 0 Å². The molecule has 0 saturated carbocycles. The number of benzene rings is 3. The van der Waals surface area contributed by atoms with Crippen molar-refractivity contribution in [3.63, 3.8) is 0 Å². The number of carbonyl (C=O) groups excluding carboxylic acids is 3. The summed E-state index contributed by atoms with van der Waals surface area (Å²) in [7, 11) is 0. The Morgan fingerprint density at radius 1 is 0.821 bits per heavy atom. The molecular weight excluding hydrogens is 352 g/mol. The summed E-state index contributed by atoms with van der Waals surface area (Å²) >= 11 is 0. The Hall–Kier alpha value is -3.47. The number of hydrogen-bond acceptors (Lipinski definition) is 3. The molecule has 2 atom stereocenters. The Labute approximate surface area is 163 Å². The van der Waals surface area contributed by atoms with Crippen molar-refractivity contribution in [2.24, 2.45) is 0 Å². The lowest BCUT2D eigenvalue weighted by atomic mass is 10.0. The molecule has 1 aliphatic heterocycles. The van der Waals surface area contributed by atoms with E-state index in [-0.39, 0.29) is 11.9 Å². The summed E-state index contributed by atoms with van der Waals surface area (Å²) in [6.07, 6.45) is 0. The first kappa shape index (κ1) is 17.9. The topological polar surface area (TPSA) is 66.5 Å². The minimum Gasteiger partial charge on any atom is -0.348 e. The predicted octanol–water partition coefficient (Wildman–Crippen LogP) is 3.70. The summed E-state index contributed by atoms with van der Waals surface area (Å²) in [6.45, 7) is 3.46. The van der Waals surface area contributed by atoms with Crippen LogP contribution in [0.1, 0.15) is 46.2 Å². The van der Waals surface area contributed by atoms with Crippen molar-refractivity contribution < 1.29 is 14.4 Å². The summed E-state index contributed by atoms with van der Waals surface area (Å²) in [5, 5.41) is 5.14. The van der Waals surface area contributed by atoms with Crippen LogP contribution in [0.5, 0.6) is 0 Å². The predicted molar refractivity (Wildman–Crippen MR) is 107 cm³/mol. The van der Waals surface area contributed by atoms with Gasteiger partial charge in [-0.15, -0.1) is 0 Å². The average molecular weight is 372 g/mol. The van der Waals surface area contributed by atoms with Gasteiger partial charge in [-0.3, -0.25) is 19.3 Å². The van der Waals surface area contributed by atoms with Crippen molar-refractivity contribution in [3.8, 4) is 0 Å². The van der Waals surface area contributed by atoms with Gasteiger partial charge in [-0.25, -0.2) is 0 Å². The molecular formula is C23H20N2O3. The number of hydrogen-bond donors (Lipinski definition) is 1. The standard InChI is InChI=1S/C23H20N2O3/c1-14(17-12-11-16-7-3-4-8-18(16)13-17)24-21(26)15(2)25-22(27)19-9-5-6-10-20(19)23(25)28/h3-15H,1-2H3,(H,24,26). The zero-order chi connectivity index (χ0) is 19.8. The third kappa shape index (κ3) is 2.95. The Morgan fingerprint density at radius 2 is 1.39 bits per heavy atom. The van der Waals surface area contributed by atoms with Crippen molar-refractivity contribution in [2.75, 3.05) is 0 Å². The minimum atomic E-state index is -0.893. The monoisotopic (exact) mass is 372 g/mol. The van der Waals surface area contributed by atoms with Gasteiger partial charge in [-0.1, -0.05) is 48.5 Å². The normalized spacial score (nSPS) is 15.4. The van der Waals surface area contributed by atoms with E-state index >= 15 is 0 Å². The van der Waals surface area contributed by atoms with Gasteiger partial charge in [0.1, 0.15) is 6.04 Å². The van der Waals surface area contributed by atoms with Crippen LogP contribution in [0.25, 0.3) is 10.8 Å². The number of nitrogens with one attached hydrogen (secondary N) is 1. The zero-order valence-corrected chi connectivity index (χ0v) is 15.7. The maximum absolute atomic E-state index is 12.8. The van der Waals surface area contributed by atoms with E-state index < -0.39 is 17.9 Å². The van der Waals surface area contributed by atoms with Crippen molar-refractivity contribution in [1.82, 2.24) is 10.2 Å². The van der Waals surface area contributed by atoms with Gasteiger partial charge < -0.3 is 5.32 Å². The molecule has 0 fully saturated rings. The molecule has 0 bridgehead atoms. The van der Waals surface area contributed by atoms with Gasteiger partial charge in [0.05, 0.1) is 17.2 Å². The third-order valence-electron chi connectivity index (χ3n) is 5.22. The molecule has 0 aromatic heterocycles. The molecule has 3 aromatic rings. The lowest BCUT2D eigenvalue weighted by Gasteiger charge is -2.24. The fourth-order valence-corrected chi connectivity index (χ4v) is 3.57. The van der Waals surface area contributed by atoms with E-state index in [0.29, 0.717) is 11.1 Å². The summed E-state index contributed by atoms with van der Waals surface area (Å²) < 4.78 is 0. The van der Waals surface area contributed by atoms with Crippen LogP contribution >= 0.6 is 0 Å². The maximum Gasteiger partial charge on any atom is 0.262 e. The van der Waals surface area contributed by atoms with Gasteiger partial charge in [-0.2, -0.15) is 0 Å². The number of rotatable bonds is 4. The van der Waals surface area contributed by atoms with E-state index in [1.54, 1.807) is 31.2 Å². The Balaban J connectivity index is 1.51. The SMILES string of the molecule is CC(NC(=O)C(C)N1C(=O)c2ccccc2C1=O)c1ccc2ccccc2c1. The van der Waals surface area contributed by atoms with Crippen molar-refractivity contribution in [3.05, 3.63) is 83.4 Å². The first-order chi connectivity index (χ1) is 13.5. The van der Waals surface area contributed by atoms with Gasteiger partial charge in [0.15, 0.2) is 0 Å². The van der Waals surface area contributed by atoms with Crippen LogP contribution in [-0.2, 0) is 4.79 Å². The van der Waals surface area contributed by atoms with Gasteiger partial charge in [0, 0.05) is 0 Å². The average Bonchev–Trinajstić information content (AvgIpc) is 2.97. The molecule has 1 aliphatic rings. The molecule has 3 aromatic carbocycles. The number of amides is 3. The molecule has 1 N–H and O–H groups in total. The molecule has 1 heterocycles.